The number of benzene rings is 2. The van der Waals surface area contributed by atoms with Crippen LogP contribution in [0, 0.1) is 6.92 Å². The summed E-state index contributed by atoms with van der Waals surface area (Å²) in [6.07, 6.45) is 10.5. The fraction of sp³-hybridized carbons (Fsp3) is 0.576. The molecule has 2 bridgehead atoms. The topological polar surface area (TPSA) is 53.4 Å². The van der Waals surface area contributed by atoms with Crippen molar-refractivity contribution in [3.05, 3.63) is 66.0 Å². The molecule has 4 fully saturated rings. The highest BCUT2D eigenvalue weighted by Crippen LogP contribution is 2.45. The lowest BCUT2D eigenvalue weighted by Crippen LogP contribution is -2.51. The number of nitrogens with one attached hydrogen (secondary N) is 1. The minimum Gasteiger partial charge on any atom is -0.341 e. The maximum Gasteiger partial charge on any atom is 0.239 e. The van der Waals surface area contributed by atoms with Crippen molar-refractivity contribution in [2.24, 2.45) is 0 Å². The van der Waals surface area contributed by atoms with Crippen molar-refractivity contribution in [1.82, 2.24) is 24.7 Å². The van der Waals surface area contributed by atoms with Crippen molar-refractivity contribution in [2.45, 2.75) is 94.3 Å². The van der Waals surface area contributed by atoms with E-state index in [1.807, 2.05) is 0 Å². The first-order valence-electron chi connectivity index (χ1n) is 15.4. The predicted octanol–water partition coefficient (Wildman–Crippen LogP) is 5.22. The van der Waals surface area contributed by atoms with Gasteiger partial charge in [0.25, 0.3) is 0 Å². The van der Waals surface area contributed by atoms with E-state index in [9.17, 15) is 4.79 Å². The molecule has 6 heteroatoms. The van der Waals surface area contributed by atoms with Crippen LogP contribution in [0.2, 0.25) is 0 Å². The number of nitrogens with zero attached hydrogens (tertiary/aromatic N) is 4. The third-order valence-electron chi connectivity index (χ3n) is 10.6. The molecule has 1 amide bonds. The molecular formula is C33H43N5O. The zero-order valence-electron chi connectivity index (χ0n) is 23.4. The lowest BCUT2D eigenvalue weighted by Gasteiger charge is -2.46. The van der Waals surface area contributed by atoms with E-state index in [4.69, 9.17) is 4.98 Å². The van der Waals surface area contributed by atoms with Crippen molar-refractivity contribution in [1.29, 1.82) is 0 Å². The molecule has 0 saturated carbocycles. The van der Waals surface area contributed by atoms with Crippen LogP contribution in [0.4, 0.5) is 0 Å². The second-order valence-corrected chi connectivity index (χ2v) is 12.6. The van der Waals surface area contributed by atoms with Gasteiger partial charge in [-0.3, -0.25) is 9.69 Å². The van der Waals surface area contributed by atoms with Gasteiger partial charge >= 0.3 is 0 Å². The van der Waals surface area contributed by atoms with Crippen LogP contribution in [0.1, 0.15) is 75.2 Å². The van der Waals surface area contributed by atoms with E-state index < -0.39 is 0 Å². The minimum absolute atomic E-state index is 0.0439. The van der Waals surface area contributed by atoms with E-state index in [0.717, 1.165) is 56.7 Å². The van der Waals surface area contributed by atoms with E-state index in [2.05, 4.69) is 81.2 Å². The van der Waals surface area contributed by atoms with Crippen LogP contribution < -0.4 is 5.32 Å². The number of hydrogen-bond acceptors (Lipinski definition) is 4. The predicted molar refractivity (Wildman–Crippen MR) is 156 cm³/mol. The van der Waals surface area contributed by atoms with Gasteiger partial charge in [0.2, 0.25) is 5.91 Å². The minimum atomic E-state index is 0.0439. The summed E-state index contributed by atoms with van der Waals surface area (Å²) in [5.74, 6) is 1.49. The van der Waals surface area contributed by atoms with Crippen LogP contribution in [0.3, 0.4) is 0 Å². The third kappa shape index (κ3) is 4.59. The number of carbonyl (C=O) groups is 1. The van der Waals surface area contributed by atoms with Crippen molar-refractivity contribution < 1.29 is 4.79 Å². The first kappa shape index (κ1) is 25.3. The quantitative estimate of drug-likeness (QED) is 0.480. The number of fused-ring (bicyclic) bond motifs is 3. The molecule has 2 aromatic carbocycles. The second-order valence-electron chi connectivity index (χ2n) is 12.6. The van der Waals surface area contributed by atoms with Crippen LogP contribution in [-0.2, 0) is 10.2 Å². The summed E-state index contributed by atoms with van der Waals surface area (Å²) >= 11 is 0. The monoisotopic (exact) mass is 525 g/mol. The fourth-order valence-corrected chi connectivity index (χ4v) is 8.54. The van der Waals surface area contributed by atoms with Crippen molar-refractivity contribution in [3.63, 3.8) is 0 Å². The summed E-state index contributed by atoms with van der Waals surface area (Å²) < 4.78 is 2.54. The number of aromatic nitrogens is 2. The Hall–Kier alpha value is -2.70. The molecule has 206 valence electrons. The van der Waals surface area contributed by atoms with E-state index in [0.29, 0.717) is 24.0 Å². The number of carbonyl (C=O) groups excluding carboxylic acids is 1. The van der Waals surface area contributed by atoms with Crippen LogP contribution >= 0.6 is 0 Å². The molecule has 7 rings (SSSR count). The van der Waals surface area contributed by atoms with Gasteiger partial charge in [0.15, 0.2) is 0 Å². The van der Waals surface area contributed by atoms with Gasteiger partial charge in [-0.15, -0.1) is 0 Å². The average Bonchev–Trinajstić information content (AvgIpc) is 3.68. The van der Waals surface area contributed by atoms with Gasteiger partial charge in [-0.2, -0.15) is 0 Å². The van der Waals surface area contributed by atoms with Gasteiger partial charge in [-0.1, -0.05) is 42.5 Å². The van der Waals surface area contributed by atoms with Gasteiger partial charge in [0, 0.05) is 31.2 Å². The SMILES string of the molecule is Cc1nc2ccccc2n1[C@H]1C[C@H]2CC[C@@H](C1)N2CCC1(c2ccccc2)CCN(C(=O)C2CCCN2)CC1. The van der Waals surface area contributed by atoms with Gasteiger partial charge in [0.1, 0.15) is 5.82 Å². The number of likely N-dealkylation sites (tertiary alicyclic amines) is 1. The Labute approximate surface area is 232 Å². The Bertz CT molecular complexity index is 1290. The van der Waals surface area contributed by atoms with Crippen molar-refractivity contribution >= 4 is 16.9 Å². The van der Waals surface area contributed by atoms with Crippen LogP contribution in [0.5, 0.6) is 0 Å². The molecular weight excluding hydrogens is 482 g/mol. The number of amides is 1. The first-order valence-corrected chi connectivity index (χ1v) is 15.4. The maximum absolute atomic E-state index is 13.1. The molecule has 4 atom stereocenters. The summed E-state index contributed by atoms with van der Waals surface area (Å²) in [6, 6.07) is 21.8. The summed E-state index contributed by atoms with van der Waals surface area (Å²) in [7, 11) is 0. The molecule has 0 aliphatic carbocycles. The molecule has 39 heavy (non-hydrogen) atoms. The number of para-hydroxylation sites is 2. The molecule has 1 N–H and O–H groups in total. The summed E-state index contributed by atoms with van der Waals surface area (Å²) in [6.45, 7) is 6.09. The fourth-order valence-electron chi connectivity index (χ4n) is 8.54. The third-order valence-corrected chi connectivity index (χ3v) is 10.6. The average molecular weight is 526 g/mol. The molecule has 4 aliphatic rings. The Morgan fingerprint density at radius 3 is 2.38 bits per heavy atom. The zero-order chi connectivity index (χ0) is 26.4. The summed E-state index contributed by atoms with van der Waals surface area (Å²) in [5.41, 5.74) is 4.06. The smallest absolute Gasteiger partial charge is 0.239 e. The second kappa shape index (κ2) is 10.4. The van der Waals surface area contributed by atoms with Crippen LogP contribution in [-0.4, -0.2) is 69.6 Å². The van der Waals surface area contributed by atoms with Gasteiger partial charge in [-0.05, 0) is 101 Å². The van der Waals surface area contributed by atoms with E-state index in [1.54, 1.807) is 0 Å². The highest BCUT2D eigenvalue weighted by molar-refractivity contribution is 5.82. The molecule has 0 spiro atoms. The van der Waals surface area contributed by atoms with E-state index >= 15 is 0 Å². The number of piperidine rings is 2. The number of hydrogen-bond donors (Lipinski definition) is 1. The standard InChI is InChI=1S/C33H43N5O/c1-24-35-29-10-5-6-12-31(29)38(24)28-22-26-13-14-27(23-28)37(26)21-17-33(25-8-3-2-4-9-25)15-19-36(20-16-33)32(39)30-11-7-18-34-30/h2-6,8-10,12,26-28,30,34H,7,11,13-23H2,1H3/t26-,27+,28+,30?. The van der Waals surface area contributed by atoms with Crippen LogP contribution in [0.15, 0.2) is 54.6 Å². The number of aryl methyl sites for hydroxylation is 1. The summed E-state index contributed by atoms with van der Waals surface area (Å²) in [5, 5.41) is 3.41. The normalized spacial score (nSPS) is 28.8. The first-order chi connectivity index (χ1) is 19.1. The highest BCUT2D eigenvalue weighted by Gasteiger charge is 2.44. The Balaban J connectivity index is 1.06. The van der Waals surface area contributed by atoms with Crippen molar-refractivity contribution in [3.8, 4) is 0 Å². The Kier molecular flexibility index (Phi) is 6.72. The molecule has 1 unspecified atom stereocenters. The van der Waals surface area contributed by atoms with Gasteiger partial charge in [-0.25, -0.2) is 4.98 Å². The maximum atomic E-state index is 13.1. The molecule has 5 heterocycles. The molecule has 6 nitrogen and oxygen atoms in total. The van der Waals surface area contributed by atoms with Crippen molar-refractivity contribution in [2.75, 3.05) is 26.2 Å². The lowest BCUT2D eigenvalue weighted by atomic mass is 9.70. The Morgan fingerprint density at radius 1 is 0.949 bits per heavy atom. The van der Waals surface area contributed by atoms with Gasteiger partial charge < -0.3 is 14.8 Å². The number of imidazole rings is 1. The molecule has 1 aromatic heterocycles. The number of rotatable bonds is 6. The van der Waals surface area contributed by atoms with Gasteiger partial charge in [0.05, 0.1) is 17.1 Å². The molecule has 0 radical (unpaired) electrons. The van der Waals surface area contributed by atoms with Crippen LogP contribution in [0.25, 0.3) is 11.0 Å². The van der Waals surface area contributed by atoms with E-state index in [1.165, 1.54) is 49.7 Å². The highest BCUT2D eigenvalue weighted by atomic mass is 16.2. The summed E-state index contributed by atoms with van der Waals surface area (Å²) in [4.78, 5) is 23.0. The largest absolute Gasteiger partial charge is 0.341 e. The zero-order valence-corrected chi connectivity index (χ0v) is 23.4. The molecule has 4 aliphatic heterocycles. The molecule has 3 aromatic rings. The van der Waals surface area contributed by atoms with E-state index in [-0.39, 0.29) is 11.5 Å². The molecule has 4 saturated heterocycles. The lowest BCUT2D eigenvalue weighted by molar-refractivity contribution is -0.134. The Morgan fingerprint density at radius 2 is 1.67 bits per heavy atom.